The summed E-state index contributed by atoms with van der Waals surface area (Å²) in [7, 11) is 0. The van der Waals surface area contributed by atoms with Crippen molar-refractivity contribution >= 4 is 15.9 Å². The third kappa shape index (κ3) is 3.08. The second-order valence-corrected chi connectivity index (χ2v) is 5.13. The standard InChI is InChI=1S/C14H16BrF3/c15-9-10-6-7-12(11-4-2-1-3-5-11)13(8-10)14(16,17)18/h6-8,11H,1-5,9H2/i9D2. The second kappa shape index (κ2) is 5.64. The molecular weight excluding hydrogens is 305 g/mol. The molecule has 0 N–H and O–H groups in total. The maximum absolute atomic E-state index is 13.2. The summed E-state index contributed by atoms with van der Waals surface area (Å²) in [5.41, 5.74) is -0.368. The lowest BCUT2D eigenvalue weighted by Gasteiger charge is -2.25. The van der Waals surface area contributed by atoms with Crippen molar-refractivity contribution in [1.29, 1.82) is 0 Å². The highest BCUT2D eigenvalue weighted by Crippen LogP contribution is 2.41. The maximum Gasteiger partial charge on any atom is 0.416 e. The lowest BCUT2D eigenvalue weighted by atomic mass is 9.81. The molecule has 0 saturated heterocycles. The van der Waals surface area contributed by atoms with Gasteiger partial charge in [0.2, 0.25) is 0 Å². The highest BCUT2D eigenvalue weighted by Gasteiger charge is 2.35. The van der Waals surface area contributed by atoms with Gasteiger partial charge in [-0.15, -0.1) is 0 Å². The van der Waals surface area contributed by atoms with Crippen LogP contribution in [0, 0.1) is 0 Å². The number of halogens is 4. The molecule has 2 rings (SSSR count). The fraction of sp³-hybridized carbons (Fsp3) is 0.571. The summed E-state index contributed by atoms with van der Waals surface area (Å²) in [6.07, 6.45) is 0.125. The van der Waals surface area contributed by atoms with Gasteiger partial charge in [-0.1, -0.05) is 47.3 Å². The molecular formula is C14H16BrF3. The van der Waals surface area contributed by atoms with E-state index in [2.05, 4.69) is 15.9 Å². The highest BCUT2D eigenvalue weighted by atomic mass is 79.9. The van der Waals surface area contributed by atoms with Crippen LogP contribution in [-0.4, -0.2) is 0 Å². The number of hydrogen-bond donors (Lipinski definition) is 0. The number of hydrogen-bond acceptors (Lipinski definition) is 0. The van der Waals surface area contributed by atoms with Crippen LogP contribution in [0.5, 0.6) is 0 Å². The molecule has 0 aromatic heterocycles. The zero-order chi connectivity index (χ0) is 15.0. The highest BCUT2D eigenvalue weighted by molar-refractivity contribution is 9.08. The Kier molecular flexibility index (Phi) is 3.55. The normalized spacial score (nSPS) is 20.4. The Hall–Kier alpha value is -0.510. The predicted octanol–water partition coefficient (Wildman–Crippen LogP) is 5.65. The lowest BCUT2D eigenvalue weighted by molar-refractivity contribution is -0.138. The monoisotopic (exact) mass is 322 g/mol. The van der Waals surface area contributed by atoms with Crippen molar-refractivity contribution in [3.05, 3.63) is 34.9 Å². The molecule has 1 aromatic carbocycles. The van der Waals surface area contributed by atoms with Crippen molar-refractivity contribution < 1.29 is 15.9 Å². The summed E-state index contributed by atoms with van der Waals surface area (Å²) in [4.78, 5) is 0. The first kappa shape index (κ1) is 11.3. The second-order valence-electron chi connectivity index (χ2n) is 4.73. The Bertz CT molecular complexity index is 474. The first-order valence-corrected chi connectivity index (χ1v) is 6.89. The van der Waals surface area contributed by atoms with Crippen molar-refractivity contribution in [3.8, 4) is 0 Å². The Morgan fingerprint density at radius 3 is 2.44 bits per heavy atom. The van der Waals surface area contributed by atoms with Crippen LogP contribution in [0.3, 0.4) is 0 Å². The van der Waals surface area contributed by atoms with Crippen LogP contribution in [0.25, 0.3) is 0 Å². The Labute approximate surface area is 117 Å². The number of benzene rings is 1. The Morgan fingerprint density at radius 1 is 1.22 bits per heavy atom. The number of alkyl halides is 4. The van der Waals surface area contributed by atoms with Gasteiger partial charge in [-0.25, -0.2) is 0 Å². The minimum Gasteiger partial charge on any atom is -0.166 e. The molecule has 0 unspecified atom stereocenters. The van der Waals surface area contributed by atoms with Gasteiger partial charge in [0.05, 0.1) is 5.56 Å². The summed E-state index contributed by atoms with van der Waals surface area (Å²) in [5, 5.41) is -1.95. The molecule has 4 heteroatoms. The van der Waals surface area contributed by atoms with Crippen LogP contribution in [0.1, 0.15) is 57.5 Å². The van der Waals surface area contributed by atoms with Gasteiger partial charge in [0.25, 0.3) is 0 Å². The molecule has 0 amide bonds. The van der Waals surface area contributed by atoms with Crippen LogP contribution in [0.2, 0.25) is 0 Å². The first-order valence-electron chi connectivity index (χ1n) is 7.10. The van der Waals surface area contributed by atoms with Gasteiger partial charge in [0.1, 0.15) is 0 Å². The molecule has 18 heavy (non-hydrogen) atoms. The Balaban J connectivity index is 2.45. The van der Waals surface area contributed by atoms with Gasteiger partial charge >= 0.3 is 6.18 Å². The van der Waals surface area contributed by atoms with Crippen molar-refractivity contribution in [2.24, 2.45) is 0 Å². The zero-order valence-corrected chi connectivity index (χ0v) is 11.4. The van der Waals surface area contributed by atoms with Crippen molar-refractivity contribution in [1.82, 2.24) is 0 Å². The van der Waals surface area contributed by atoms with Gasteiger partial charge in [-0.3, -0.25) is 0 Å². The van der Waals surface area contributed by atoms with E-state index in [0.717, 1.165) is 38.2 Å². The van der Waals surface area contributed by atoms with E-state index in [-0.39, 0.29) is 11.5 Å². The molecule has 1 fully saturated rings. The molecule has 1 aliphatic carbocycles. The van der Waals surface area contributed by atoms with Crippen LogP contribution in [-0.2, 0) is 11.5 Å². The van der Waals surface area contributed by atoms with Gasteiger partial charge < -0.3 is 0 Å². The smallest absolute Gasteiger partial charge is 0.166 e. The van der Waals surface area contributed by atoms with Gasteiger partial charge in [0.15, 0.2) is 0 Å². The summed E-state index contributed by atoms with van der Waals surface area (Å²) in [6, 6.07) is 3.85. The molecule has 100 valence electrons. The third-order valence-corrected chi connectivity index (χ3v) is 3.97. The summed E-state index contributed by atoms with van der Waals surface area (Å²) in [5.74, 6) is -0.0596. The lowest BCUT2D eigenvalue weighted by Crippen LogP contribution is -2.14. The quantitative estimate of drug-likeness (QED) is 0.617. The van der Waals surface area contributed by atoms with E-state index in [1.165, 1.54) is 12.1 Å². The average molecular weight is 323 g/mol. The average Bonchev–Trinajstić information content (AvgIpc) is 2.37. The molecule has 0 atom stereocenters. The van der Waals surface area contributed by atoms with Crippen molar-refractivity contribution in [3.63, 3.8) is 0 Å². The topological polar surface area (TPSA) is 0 Å². The van der Waals surface area contributed by atoms with E-state index >= 15 is 0 Å². The fourth-order valence-corrected chi connectivity index (χ4v) is 2.88. The third-order valence-electron chi connectivity index (χ3n) is 3.51. The van der Waals surface area contributed by atoms with Crippen LogP contribution in [0.15, 0.2) is 18.2 Å². The molecule has 0 heterocycles. The van der Waals surface area contributed by atoms with E-state index in [0.29, 0.717) is 5.56 Å². The SMILES string of the molecule is [2H]C([2H])(Br)c1ccc(C2CCCCC2)c(C(F)(F)F)c1. The van der Waals surface area contributed by atoms with Gasteiger partial charge in [0, 0.05) is 8.02 Å². The molecule has 0 spiro atoms. The maximum atomic E-state index is 13.2. The van der Waals surface area contributed by atoms with E-state index in [9.17, 15) is 13.2 Å². The molecule has 0 bridgehead atoms. The van der Waals surface area contributed by atoms with E-state index in [1.807, 2.05) is 0 Å². The Morgan fingerprint density at radius 2 is 1.89 bits per heavy atom. The molecule has 0 nitrogen and oxygen atoms in total. The zero-order valence-electron chi connectivity index (χ0n) is 11.9. The van der Waals surface area contributed by atoms with E-state index in [4.69, 9.17) is 2.74 Å². The van der Waals surface area contributed by atoms with Crippen molar-refractivity contribution in [2.75, 3.05) is 0 Å². The summed E-state index contributed by atoms with van der Waals surface area (Å²) in [6.45, 7) is 0. The molecule has 1 saturated carbocycles. The van der Waals surface area contributed by atoms with Crippen LogP contribution >= 0.6 is 15.9 Å². The van der Waals surface area contributed by atoms with Crippen molar-refractivity contribution in [2.45, 2.75) is 49.5 Å². The van der Waals surface area contributed by atoms with Crippen LogP contribution < -0.4 is 0 Å². The molecule has 0 radical (unpaired) electrons. The minimum absolute atomic E-state index is 0.00406. The summed E-state index contributed by atoms with van der Waals surface area (Å²) < 4.78 is 54.7. The van der Waals surface area contributed by atoms with Gasteiger partial charge in [-0.2, -0.15) is 13.2 Å². The number of rotatable bonds is 2. The first-order chi connectivity index (χ1) is 9.19. The predicted molar refractivity (Wildman–Crippen MR) is 69.9 cm³/mol. The van der Waals surface area contributed by atoms with E-state index in [1.54, 1.807) is 0 Å². The van der Waals surface area contributed by atoms with E-state index < -0.39 is 17.0 Å². The molecule has 1 aromatic rings. The molecule has 1 aliphatic rings. The largest absolute Gasteiger partial charge is 0.416 e. The molecule has 0 aliphatic heterocycles. The van der Waals surface area contributed by atoms with Crippen LogP contribution in [0.4, 0.5) is 13.2 Å². The minimum atomic E-state index is -4.44. The fourth-order valence-electron chi connectivity index (χ4n) is 2.63. The van der Waals surface area contributed by atoms with Gasteiger partial charge in [-0.05, 0) is 36.0 Å². The summed E-state index contributed by atoms with van der Waals surface area (Å²) >= 11 is 2.77.